The molecule has 3 nitrogen and oxygen atoms in total. The van der Waals surface area contributed by atoms with E-state index in [1.807, 2.05) is 12.3 Å². The van der Waals surface area contributed by atoms with E-state index in [4.69, 9.17) is 4.98 Å². The van der Waals surface area contributed by atoms with Crippen molar-refractivity contribution in [2.45, 2.75) is 26.6 Å². The van der Waals surface area contributed by atoms with Crippen LogP contribution >= 0.6 is 0 Å². The molecule has 0 bridgehead atoms. The van der Waals surface area contributed by atoms with Crippen molar-refractivity contribution in [1.82, 2.24) is 9.38 Å². The fourth-order valence-electron chi connectivity index (χ4n) is 5.18. The van der Waals surface area contributed by atoms with E-state index in [0.717, 1.165) is 5.65 Å². The second kappa shape index (κ2) is 5.33. The molecule has 6 rings (SSSR count). The Morgan fingerprint density at radius 1 is 0.897 bits per heavy atom. The molecule has 4 heteroatoms. The van der Waals surface area contributed by atoms with E-state index in [1.165, 1.54) is 54.2 Å². The Bertz CT molecular complexity index is 1600. The maximum absolute atomic E-state index is 4.81. The molecule has 0 spiro atoms. The lowest BCUT2D eigenvalue weighted by molar-refractivity contribution is -0.643. The van der Waals surface area contributed by atoms with Crippen LogP contribution in [-0.4, -0.2) is 17.5 Å². The zero-order chi connectivity index (χ0) is 20.1. The van der Waals surface area contributed by atoms with Gasteiger partial charge in [-0.05, 0) is 36.1 Å². The minimum Gasteiger partial charge on any atom is -0.292 e. The molecule has 0 N–H and O–H groups in total. The highest BCUT2D eigenvalue weighted by Gasteiger charge is 2.27. The first-order valence-electron chi connectivity index (χ1n) is 10.2. The van der Waals surface area contributed by atoms with Crippen LogP contribution in [0.4, 0.5) is 0 Å². The van der Waals surface area contributed by atoms with Crippen molar-refractivity contribution in [3.05, 3.63) is 60.4 Å². The number of hydrogen-bond acceptors (Lipinski definition) is 1. The average molecular weight is 395 g/mol. The lowest BCUT2D eigenvalue weighted by atomic mass is 10.00. The Balaban J connectivity index is 2.07. The molecule has 0 saturated heterocycles. The molecule has 0 fully saturated rings. The van der Waals surface area contributed by atoms with Crippen LogP contribution in [0.1, 0.15) is 5.56 Å². The molecule has 4 aromatic heterocycles. The molecule has 0 aliphatic rings. The van der Waals surface area contributed by atoms with Crippen LogP contribution in [0.5, 0.6) is 0 Å². The van der Waals surface area contributed by atoms with Crippen molar-refractivity contribution in [3.63, 3.8) is 0 Å². The maximum atomic E-state index is 4.81. The number of fused-ring (bicyclic) bond motifs is 5. The highest BCUT2D eigenvalue weighted by atomic mass is 28.3. The van der Waals surface area contributed by atoms with Crippen LogP contribution in [0.3, 0.4) is 0 Å². The van der Waals surface area contributed by atoms with Crippen molar-refractivity contribution in [2.24, 2.45) is 7.05 Å². The molecule has 6 aromatic rings. The van der Waals surface area contributed by atoms with E-state index in [9.17, 15) is 0 Å². The molecule has 0 unspecified atom stereocenters. The van der Waals surface area contributed by atoms with E-state index in [0.29, 0.717) is 0 Å². The number of pyridine rings is 3. The van der Waals surface area contributed by atoms with Crippen LogP contribution in [0.15, 0.2) is 54.9 Å². The van der Waals surface area contributed by atoms with Gasteiger partial charge in [-0.2, -0.15) is 0 Å². The first kappa shape index (κ1) is 16.9. The van der Waals surface area contributed by atoms with E-state index in [1.54, 1.807) is 0 Å². The van der Waals surface area contributed by atoms with Gasteiger partial charge in [0.15, 0.2) is 6.20 Å². The molecular weight excluding hydrogens is 370 g/mol. The van der Waals surface area contributed by atoms with Gasteiger partial charge in [0, 0.05) is 23.0 Å². The number of aryl methyl sites for hydroxylation is 2. The maximum Gasteiger partial charge on any atom is 0.224 e. The minimum absolute atomic E-state index is 1.05. The molecule has 0 atom stereocenters. The number of nitrogens with zero attached hydrogens (tertiary/aromatic N) is 3. The van der Waals surface area contributed by atoms with Gasteiger partial charge < -0.3 is 0 Å². The van der Waals surface area contributed by atoms with E-state index < -0.39 is 8.07 Å². The number of aromatic nitrogens is 3. The third-order valence-corrected chi connectivity index (χ3v) is 8.51. The highest BCUT2D eigenvalue weighted by Crippen LogP contribution is 2.39. The number of hydrogen-bond donors (Lipinski definition) is 0. The van der Waals surface area contributed by atoms with Gasteiger partial charge in [0.05, 0.1) is 29.9 Å². The summed E-state index contributed by atoms with van der Waals surface area (Å²) >= 11 is 0. The molecule has 0 amide bonds. The largest absolute Gasteiger partial charge is 0.292 e. The van der Waals surface area contributed by atoms with Crippen molar-refractivity contribution in [3.8, 4) is 0 Å². The van der Waals surface area contributed by atoms with Crippen molar-refractivity contribution in [1.29, 1.82) is 0 Å². The topological polar surface area (TPSA) is 21.2 Å². The smallest absolute Gasteiger partial charge is 0.224 e. The van der Waals surface area contributed by atoms with Crippen LogP contribution in [0.25, 0.3) is 49.1 Å². The standard InChI is InChI=1S/C25H24N3Si/c1-15-8-9-16-17-7-6-13-26-25(17)28-19-10-11-20(29(3,4)5)18-12-14-27(2)24(22(18)19)21(15)23(16)28/h6-14H,1-5H3/q+1. The Labute approximate surface area is 170 Å². The van der Waals surface area contributed by atoms with Crippen LogP contribution in [-0.2, 0) is 7.05 Å². The fraction of sp³-hybridized carbons (Fsp3) is 0.200. The van der Waals surface area contributed by atoms with Crippen LogP contribution in [0, 0.1) is 6.92 Å². The third-order valence-electron chi connectivity index (χ3n) is 6.46. The zero-order valence-electron chi connectivity index (χ0n) is 17.5. The van der Waals surface area contributed by atoms with Gasteiger partial charge in [-0.1, -0.05) is 43.0 Å². The summed E-state index contributed by atoms with van der Waals surface area (Å²) in [5.74, 6) is 0. The van der Waals surface area contributed by atoms with Crippen molar-refractivity contribution in [2.75, 3.05) is 0 Å². The lowest BCUT2D eigenvalue weighted by Crippen LogP contribution is -2.39. The SMILES string of the molecule is Cc1ccc2c3cccnc3n3c4ccc([Si](C)(C)C)c5cc[n+](C)c(c1c23)c54. The molecule has 0 saturated carbocycles. The van der Waals surface area contributed by atoms with Crippen LogP contribution in [0.2, 0.25) is 19.6 Å². The van der Waals surface area contributed by atoms with Gasteiger partial charge in [-0.3, -0.25) is 4.40 Å². The van der Waals surface area contributed by atoms with E-state index in [-0.39, 0.29) is 0 Å². The van der Waals surface area contributed by atoms with Gasteiger partial charge in [0.25, 0.3) is 0 Å². The van der Waals surface area contributed by atoms with E-state index in [2.05, 4.69) is 85.2 Å². The zero-order valence-corrected chi connectivity index (χ0v) is 18.5. The number of benzene rings is 2. The summed E-state index contributed by atoms with van der Waals surface area (Å²) < 4.78 is 4.70. The number of rotatable bonds is 1. The quantitative estimate of drug-likeness (QED) is 0.165. The summed E-state index contributed by atoms with van der Waals surface area (Å²) in [5, 5.41) is 8.13. The fourth-order valence-corrected chi connectivity index (χ4v) is 6.77. The van der Waals surface area contributed by atoms with Gasteiger partial charge in [0.2, 0.25) is 5.52 Å². The molecular formula is C25H24N3Si+. The van der Waals surface area contributed by atoms with Gasteiger partial charge >= 0.3 is 0 Å². The second-order valence-corrected chi connectivity index (χ2v) is 14.3. The molecule has 0 radical (unpaired) electrons. The molecule has 0 aliphatic heterocycles. The highest BCUT2D eigenvalue weighted by molar-refractivity contribution is 6.90. The first-order valence-corrected chi connectivity index (χ1v) is 13.7. The monoisotopic (exact) mass is 394 g/mol. The Morgan fingerprint density at radius 3 is 2.52 bits per heavy atom. The predicted octanol–water partition coefficient (Wildman–Crippen LogP) is 5.06. The lowest BCUT2D eigenvalue weighted by Gasteiger charge is -2.21. The Hall–Kier alpha value is -2.98. The molecule has 4 heterocycles. The normalized spacial score (nSPS) is 13.0. The van der Waals surface area contributed by atoms with Gasteiger partial charge in [0.1, 0.15) is 12.7 Å². The summed E-state index contributed by atoms with van der Waals surface area (Å²) in [7, 11) is 0.686. The molecule has 0 aliphatic carbocycles. The first-order chi connectivity index (χ1) is 13.9. The van der Waals surface area contributed by atoms with Crippen molar-refractivity contribution >= 4 is 62.4 Å². The second-order valence-electron chi connectivity index (χ2n) is 9.31. The van der Waals surface area contributed by atoms with E-state index >= 15 is 0 Å². The molecule has 29 heavy (non-hydrogen) atoms. The third kappa shape index (κ3) is 2.02. The summed E-state index contributed by atoms with van der Waals surface area (Å²) in [6.07, 6.45) is 4.14. The van der Waals surface area contributed by atoms with Crippen LogP contribution < -0.4 is 9.75 Å². The summed E-state index contributed by atoms with van der Waals surface area (Å²) in [5.41, 5.74) is 6.23. The Morgan fingerprint density at radius 2 is 1.72 bits per heavy atom. The Kier molecular flexibility index (Phi) is 3.11. The summed E-state index contributed by atoms with van der Waals surface area (Å²) in [6.45, 7) is 9.54. The summed E-state index contributed by atoms with van der Waals surface area (Å²) in [6, 6.07) is 15.8. The van der Waals surface area contributed by atoms with Crippen molar-refractivity contribution < 1.29 is 4.57 Å². The minimum atomic E-state index is -1.49. The average Bonchev–Trinajstić information content (AvgIpc) is 3.02. The predicted molar refractivity (Wildman–Crippen MR) is 125 cm³/mol. The molecule has 2 aromatic carbocycles. The van der Waals surface area contributed by atoms with Gasteiger partial charge in [-0.15, -0.1) is 0 Å². The molecule has 142 valence electrons. The van der Waals surface area contributed by atoms with Gasteiger partial charge in [-0.25, -0.2) is 9.55 Å². The summed E-state index contributed by atoms with van der Waals surface area (Å²) in [4.78, 5) is 4.81.